The van der Waals surface area contributed by atoms with E-state index in [4.69, 9.17) is 9.47 Å². The van der Waals surface area contributed by atoms with Gasteiger partial charge in [-0.2, -0.15) is 149 Å². The van der Waals surface area contributed by atoms with Gasteiger partial charge in [-0.3, -0.25) is 29.2 Å². The highest BCUT2D eigenvalue weighted by atomic mass is 19.4. The van der Waals surface area contributed by atoms with Crippen LogP contribution in [0, 0.1) is 55.4 Å². The molecule has 0 saturated carbocycles. The van der Waals surface area contributed by atoms with E-state index < -0.39 is 158 Å². The fraction of sp³-hybridized carbons (Fsp3) is 0.429. The lowest BCUT2D eigenvalue weighted by molar-refractivity contribution is -0.461. The fourth-order valence-electron chi connectivity index (χ4n) is 12.1. The van der Waals surface area contributed by atoms with E-state index >= 15 is 0 Å². The summed E-state index contributed by atoms with van der Waals surface area (Å²) < 4.78 is 476. The van der Waals surface area contributed by atoms with Gasteiger partial charge < -0.3 is 9.47 Å². The molecule has 4 amide bonds. The number of ether oxygens (including phenoxy) is 2. The molecule has 10 nitrogen and oxygen atoms in total. The van der Waals surface area contributed by atoms with Gasteiger partial charge in [0.25, 0.3) is 23.6 Å². The van der Waals surface area contributed by atoms with Crippen molar-refractivity contribution in [2.24, 2.45) is 9.98 Å². The molecular weight excluding hydrogens is 1640 g/mol. The SMILES string of the molecule is Cc1c(C)c(N2C(=O)c3ccc4c5c(ccc(c35)C2=O)C(=O)N(c2c(C)c(C)c(N=Cc3ccc(OCCCC(F)(F)C(F)(F)C(F)(F)C(F)(F)C(F)(F)C(F)(F)C(F)(F)C(F)(F)F)cc3)c(C)c2C)C4=O)c(C)c(C)c1N=Cc1ccc(OCCCC(F)(F)C(F)(F)C(F)(F)C(F)(F)C(F)(F)C(F)(F)C(F)(F)C(F)(F)F)cc1. The number of hydrogen-bond donors (Lipinski definition) is 0. The minimum absolute atomic E-state index is 0.0491. The van der Waals surface area contributed by atoms with Crippen molar-refractivity contribution >= 4 is 69.6 Å². The van der Waals surface area contributed by atoms with Gasteiger partial charge in [0.2, 0.25) is 0 Å². The van der Waals surface area contributed by atoms with Crippen LogP contribution in [0.15, 0.2) is 82.8 Å². The number of anilines is 2. The number of hydrogen-bond acceptors (Lipinski definition) is 8. The van der Waals surface area contributed by atoms with Gasteiger partial charge in [0.05, 0.1) is 36.0 Å². The van der Waals surface area contributed by atoms with E-state index in [0.717, 1.165) is 34.1 Å². The third-order valence-corrected chi connectivity index (χ3v) is 19.3. The van der Waals surface area contributed by atoms with Crippen LogP contribution in [0.25, 0.3) is 10.8 Å². The Morgan fingerprint density at radius 3 is 0.719 bits per heavy atom. The Morgan fingerprint density at radius 1 is 0.289 bits per heavy atom. The van der Waals surface area contributed by atoms with Crippen molar-refractivity contribution in [3.05, 3.63) is 151 Å². The van der Waals surface area contributed by atoms with Crippen molar-refractivity contribution in [3.8, 4) is 11.5 Å². The summed E-state index contributed by atoms with van der Waals surface area (Å²) >= 11 is 0. The molecule has 0 spiro atoms. The summed E-state index contributed by atoms with van der Waals surface area (Å²) in [6, 6.07) is 14.3. The van der Waals surface area contributed by atoms with E-state index in [2.05, 4.69) is 9.98 Å². The molecule has 2 aliphatic rings. The second kappa shape index (κ2) is 28.7. The first-order chi connectivity index (χ1) is 51.5. The van der Waals surface area contributed by atoms with E-state index in [0.29, 0.717) is 44.5 Å². The third kappa shape index (κ3) is 13.4. The van der Waals surface area contributed by atoms with Crippen molar-refractivity contribution < 1.29 is 178 Å². The maximum Gasteiger partial charge on any atom is 0.460 e. The molecule has 0 unspecified atom stereocenters. The van der Waals surface area contributed by atoms with Crippen LogP contribution in [-0.2, 0) is 0 Å². The minimum atomic E-state index is -8.76. The van der Waals surface area contributed by atoms with Gasteiger partial charge in [-0.1, -0.05) is 0 Å². The lowest BCUT2D eigenvalue weighted by atomic mass is 9.84. The summed E-state index contributed by atoms with van der Waals surface area (Å²) in [6.45, 7) is 10.0. The summed E-state index contributed by atoms with van der Waals surface area (Å²) in [7, 11) is 0. The van der Waals surface area contributed by atoms with Crippen molar-refractivity contribution in [2.75, 3.05) is 23.0 Å². The number of alkyl halides is 34. The Balaban J connectivity index is 0.925. The van der Waals surface area contributed by atoms with Crippen molar-refractivity contribution in [2.45, 2.75) is 176 Å². The first-order valence-electron chi connectivity index (χ1n) is 32.0. The van der Waals surface area contributed by atoms with Gasteiger partial charge in [-0.15, -0.1) is 0 Å². The van der Waals surface area contributed by atoms with Crippen molar-refractivity contribution in [3.63, 3.8) is 0 Å². The van der Waals surface area contributed by atoms with Crippen LogP contribution in [-0.4, -0.2) is 145 Å². The number of aliphatic imine (C=N–C) groups is 2. The number of amides is 4. The predicted octanol–water partition coefficient (Wildman–Crippen LogP) is 22.7. The zero-order valence-corrected chi connectivity index (χ0v) is 58.4. The highest BCUT2D eigenvalue weighted by molar-refractivity contribution is 6.42. The number of nitrogens with zero attached hydrogens (tertiary/aromatic N) is 4. The minimum Gasteiger partial charge on any atom is -0.494 e. The smallest absolute Gasteiger partial charge is 0.460 e. The van der Waals surface area contributed by atoms with Crippen LogP contribution in [0.3, 0.4) is 0 Å². The van der Waals surface area contributed by atoms with Crippen LogP contribution in [0.4, 0.5) is 172 Å². The molecule has 0 N–H and O–H groups in total. The molecule has 6 aromatic carbocycles. The van der Waals surface area contributed by atoms with E-state index in [1.807, 2.05) is 0 Å². The molecule has 114 heavy (non-hydrogen) atoms. The predicted molar refractivity (Wildman–Crippen MR) is 335 cm³/mol. The van der Waals surface area contributed by atoms with Crippen molar-refractivity contribution in [1.29, 1.82) is 0 Å². The van der Waals surface area contributed by atoms with Crippen LogP contribution < -0.4 is 19.3 Å². The van der Waals surface area contributed by atoms with E-state index in [1.165, 1.54) is 88.7 Å². The molecular formula is C70H50F34N4O6. The van der Waals surface area contributed by atoms with Gasteiger partial charge in [-0.05, 0) is 197 Å². The lowest BCUT2D eigenvalue weighted by Gasteiger charge is -2.42. The molecule has 0 radical (unpaired) electrons. The van der Waals surface area contributed by atoms with Gasteiger partial charge in [0, 0.05) is 58.3 Å². The normalized spacial score (nSPS) is 15.5. The Labute approximate surface area is 617 Å². The van der Waals surface area contributed by atoms with Crippen LogP contribution in [0.1, 0.15) is 123 Å². The maximum absolute atomic E-state index is 14.8. The van der Waals surface area contributed by atoms with Crippen molar-refractivity contribution in [1.82, 2.24) is 0 Å². The maximum atomic E-state index is 14.8. The number of imide groups is 2. The number of benzene rings is 6. The molecule has 8 rings (SSSR count). The second-order valence-corrected chi connectivity index (χ2v) is 26.2. The van der Waals surface area contributed by atoms with Crippen LogP contribution in [0.2, 0.25) is 0 Å². The number of carbonyl (C=O) groups is 4. The third-order valence-electron chi connectivity index (χ3n) is 19.3. The highest BCUT2D eigenvalue weighted by Crippen LogP contribution is 2.67. The molecule has 2 heterocycles. The molecule has 44 heteroatoms. The summed E-state index contributed by atoms with van der Waals surface area (Å²) in [5.41, 5.74) is 3.47. The first kappa shape index (κ1) is 90.0. The molecule has 0 saturated heterocycles. The number of halogens is 34. The summed E-state index contributed by atoms with van der Waals surface area (Å²) in [5.74, 6) is -119. The zero-order valence-electron chi connectivity index (χ0n) is 58.4. The molecule has 0 atom stereocenters. The Morgan fingerprint density at radius 2 is 0.500 bits per heavy atom. The molecule has 0 fully saturated rings. The molecule has 624 valence electrons. The first-order valence-corrected chi connectivity index (χ1v) is 32.0. The second-order valence-electron chi connectivity index (χ2n) is 26.2. The molecule has 0 aromatic heterocycles. The Hall–Kier alpha value is -9.58. The van der Waals surface area contributed by atoms with Gasteiger partial charge in [0.1, 0.15) is 11.5 Å². The monoisotopic (exact) mass is 1690 g/mol. The van der Waals surface area contributed by atoms with Gasteiger partial charge in [-0.25, -0.2) is 9.80 Å². The molecule has 0 bridgehead atoms. The topological polar surface area (TPSA) is 118 Å². The summed E-state index contributed by atoms with van der Waals surface area (Å²) in [4.78, 5) is 70.0. The van der Waals surface area contributed by atoms with E-state index in [-0.39, 0.29) is 78.4 Å². The Kier molecular flexibility index (Phi) is 22.6. The summed E-state index contributed by atoms with van der Waals surface area (Å²) in [6.07, 6.45) is -21.8. The molecule has 6 aromatic rings. The lowest BCUT2D eigenvalue weighted by Crippen LogP contribution is -2.74. The van der Waals surface area contributed by atoms with E-state index in [9.17, 15) is 168 Å². The number of rotatable bonds is 28. The zero-order chi connectivity index (χ0) is 87.1. The fourth-order valence-corrected chi connectivity index (χ4v) is 12.1. The van der Waals surface area contributed by atoms with Gasteiger partial charge >= 0.3 is 95.3 Å². The molecule has 2 aliphatic heterocycles. The largest absolute Gasteiger partial charge is 0.494 e. The van der Waals surface area contributed by atoms with Crippen LogP contribution in [0.5, 0.6) is 11.5 Å². The Bertz CT molecular complexity index is 4460. The average Bonchev–Trinajstić information content (AvgIpc) is 0.706. The quantitative estimate of drug-likeness (QED) is 0.0209. The number of carbonyl (C=O) groups excluding carboxylic acids is 4. The summed E-state index contributed by atoms with van der Waals surface area (Å²) in [5, 5.41) is -0.0981. The average molecular weight is 1690 g/mol. The molecule has 0 aliphatic carbocycles. The van der Waals surface area contributed by atoms with Crippen LogP contribution >= 0.6 is 0 Å². The van der Waals surface area contributed by atoms with Gasteiger partial charge in [0.15, 0.2) is 0 Å². The highest BCUT2D eigenvalue weighted by Gasteiger charge is 2.97. The standard InChI is InChI=1S/C70H50F34N4O6/c1-29-33(5)49(34(6)30(2)47(29)105-27-37-11-15-39(16-12-37)113-25-9-23-55(71,72)57(75,76)59(79,80)61(83,84)63(87,88)65(91,92)67(95,96)69(99,100)101)107-51(109)41-19-21-43-46-44(22-20-42(45(41)46)52(107)110)54(112)108(53(43)111)50-35(7)31(3)48(32(4)36(50)8)106-28-38-13-17-40(18-14-38)114-26-10-24-56(73,74)58(77,78)60(81,82)62(85,86)64(89,90)66(93,94)68(97,98)70(102,103)104/h11-22,27-28H,9-10,23-26H2,1-8H3. The van der Waals surface area contributed by atoms with E-state index in [1.54, 1.807) is 27.7 Å².